The highest BCUT2D eigenvalue weighted by Gasteiger charge is 1.88. The fourth-order valence-corrected chi connectivity index (χ4v) is 1.12. The molecule has 0 radical (unpaired) electrons. The Hall–Kier alpha value is -1.44. The summed E-state index contributed by atoms with van der Waals surface area (Å²) < 4.78 is 0. The van der Waals surface area contributed by atoms with Crippen LogP contribution in [0.4, 0.5) is 0 Å². The van der Waals surface area contributed by atoms with E-state index in [1.807, 2.05) is 12.3 Å². The van der Waals surface area contributed by atoms with E-state index in [2.05, 4.69) is 24.6 Å². The van der Waals surface area contributed by atoms with Crippen LogP contribution in [-0.2, 0) is 0 Å². The second kappa shape index (κ2) is 3.81. The monoisotopic (exact) mass is 162 g/mol. The molecule has 0 saturated carbocycles. The van der Waals surface area contributed by atoms with Gasteiger partial charge in [0, 0.05) is 22.5 Å². The van der Waals surface area contributed by atoms with E-state index >= 15 is 0 Å². The van der Waals surface area contributed by atoms with Crippen LogP contribution < -0.4 is 16.3 Å². The van der Waals surface area contributed by atoms with Crippen LogP contribution in [0.3, 0.4) is 0 Å². The smallest absolute Gasteiger partial charge is 0.0434 e. The Morgan fingerprint density at radius 3 is 3.08 bits per heavy atom. The largest absolute Gasteiger partial charge is 0.398 e. The highest BCUT2D eigenvalue weighted by atomic mass is 14.7. The van der Waals surface area contributed by atoms with Gasteiger partial charge in [-0.1, -0.05) is 19.6 Å². The molecule has 12 heavy (non-hydrogen) atoms. The fourth-order valence-electron chi connectivity index (χ4n) is 1.12. The standard InChI is InChI=1S/C10H14N2/c1-3-5-10-8(6-7-12-10)9(11)4-2/h4-7,12H,2-3,11H2,1H3/b9-8+,10-5+. The first-order chi connectivity index (χ1) is 5.79. The molecule has 0 fully saturated rings. The van der Waals surface area contributed by atoms with Gasteiger partial charge in [0.1, 0.15) is 0 Å². The van der Waals surface area contributed by atoms with Crippen molar-refractivity contribution in [2.75, 3.05) is 0 Å². The Balaban J connectivity index is 3.44. The SMILES string of the molecule is C=C/C(N)=c1/cc[nH]/c1=C/CC. The van der Waals surface area contributed by atoms with E-state index in [1.54, 1.807) is 6.08 Å². The lowest BCUT2D eigenvalue weighted by molar-refractivity contribution is 1.23. The molecule has 1 rings (SSSR count). The number of hydrogen-bond donors (Lipinski definition) is 2. The van der Waals surface area contributed by atoms with Crippen LogP contribution in [0.25, 0.3) is 11.8 Å². The normalized spacial score (nSPS) is 14.6. The molecule has 0 aliphatic rings. The summed E-state index contributed by atoms with van der Waals surface area (Å²) in [5, 5.41) is 2.11. The van der Waals surface area contributed by atoms with E-state index in [9.17, 15) is 0 Å². The minimum atomic E-state index is 0.718. The molecule has 0 spiro atoms. The van der Waals surface area contributed by atoms with Crippen molar-refractivity contribution in [3.05, 3.63) is 35.5 Å². The molecule has 0 saturated heterocycles. The molecule has 64 valence electrons. The van der Waals surface area contributed by atoms with Crippen LogP contribution in [0.15, 0.2) is 24.9 Å². The number of nitrogens with two attached hydrogens (primary N) is 1. The summed E-state index contributed by atoms with van der Waals surface area (Å²) in [6, 6.07) is 1.96. The molecular formula is C10H14N2. The quantitative estimate of drug-likeness (QED) is 0.651. The van der Waals surface area contributed by atoms with Crippen molar-refractivity contribution in [2.24, 2.45) is 5.73 Å². The first kappa shape index (κ1) is 8.65. The van der Waals surface area contributed by atoms with Crippen molar-refractivity contribution in [3.8, 4) is 0 Å². The summed E-state index contributed by atoms with van der Waals surface area (Å²) in [4.78, 5) is 3.12. The van der Waals surface area contributed by atoms with Gasteiger partial charge in [0.05, 0.1) is 0 Å². The lowest BCUT2D eigenvalue weighted by Gasteiger charge is -1.87. The van der Waals surface area contributed by atoms with E-state index in [0.29, 0.717) is 0 Å². The first-order valence-corrected chi connectivity index (χ1v) is 4.05. The molecular weight excluding hydrogens is 148 g/mol. The Labute approximate surface area is 72.1 Å². The minimum Gasteiger partial charge on any atom is -0.398 e. The molecule has 0 aromatic carbocycles. The maximum atomic E-state index is 5.73. The van der Waals surface area contributed by atoms with Gasteiger partial charge in [-0.05, 0) is 18.6 Å². The lowest BCUT2D eigenvalue weighted by Crippen LogP contribution is -2.26. The summed E-state index contributed by atoms with van der Waals surface area (Å²) in [6.45, 7) is 5.72. The van der Waals surface area contributed by atoms with Gasteiger partial charge in [-0.3, -0.25) is 0 Å². The Kier molecular flexibility index (Phi) is 2.75. The highest BCUT2D eigenvalue weighted by Crippen LogP contribution is 1.79. The molecule has 1 aromatic rings. The maximum absolute atomic E-state index is 5.73. The maximum Gasteiger partial charge on any atom is 0.0434 e. The van der Waals surface area contributed by atoms with Gasteiger partial charge >= 0.3 is 0 Å². The van der Waals surface area contributed by atoms with Gasteiger partial charge in [0.15, 0.2) is 0 Å². The second-order valence-corrected chi connectivity index (χ2v) is 2.58. The first-order valence-electron chi connectivity index (χ1n) is 4.05. The Morgan fingerprint density at radius 1 is 1.75 bits per heavy atom. The third-order valence-corrected chi connectivity index (χ3v) is 1.72. The van der Waals surface area contributed by atoms with E-state index in [4.69, 9.17) is 5.73 Å². The fraction of sp³-hybridized carbons (Fsp3) is 0.200. The van der Waals surface area contributed by atoms with Crippen molar-refractivity contribution < 1.29 is 0 Å². The Bertz CT molecular complexity index is 371. The summed E-state index contributed by atoms with van der Waals surface area (Å²) in [7, 11) is 0. The molecule has 3 N–H and O–H groups in total. The lowest BCUT2D eigenvalue weighted by atomic mass is 10.3. The van der Waals surface area contributed by atoms with Crippen molar-refractivity contribution in [3.63, 3.8) is 0 Å². The number of H-pyrrole nitrogens is 1. The number of rotatable bonds is 2. The van der Waals surface area contributed by atoms with Crippen molar-refractivity contribution in [1.29, 1.82) is 0 Å². The molecule has 1 aromatic heterocycles. The third kappa shape index (κ3) is 1.59. The third-order valence-electron chi connectivity index (χ3n) is 1.72. The van der Waals surface area contributed by atoms with Crippen LogP contribution in [0.2, 0.25) is 0 Å². The van der Waals surface area contributed by atoms with Gasteiger partial charge in [0.25, 0.3) is 0 Å². The van der Waals surface area contributed by atoms with Gasteiger partial charge in [0.2, 0.25) is 0 Å². The molecule has 0 bridgehead atoms. The van der Waals surface area contributed by atoms with Crippen LogP contribution >= 0.6 is 0 Å². The Morgan fingerprint density at radius 2 is 2.50 bits per heavy atom. The topological polar surface area (TPSA) is 41.8 Å². The molecule has 2 nitrogen and oxygen atoms in total. The van der Waals surface area contributed by atoms with Crippen molar-refractivity contribution >= 4 is 11.8 Å². The van der Waals surface area contributed by atoms with E-state index in [1.165, 1.54) is 0 Å². The van der Waals surface area contributed by atoms with Crippen LogP contribution in [0, 0.1) is 0 Å². The molecule has 0 atom stereocenters. The van der Waals surface area contributed by atoms with Gasteiger partial charge in [-0.25, -0.2) is 0 Å². The van der Waals surface area contributed by atoms with E-state index < -0.39 is 0 Å². The predicted octanol–water partition coefficient (Wildman–Crippen LogP) is 0.458. The minimum absolute atomic E-state index is 0.718. The number of aromatic amines is 1. The second-order valence-electron chi connectivity index (χ2n) is 2.58. The van der Waals surface area contributed by atoms with Crippen LogP contribution in [0.1, 0.15) is 13.3 Å². The highest BCUT2D eigenvalue weighted by molar-refractivity contribution is 5.51. The molecule has 0 aliphatic heterocycles. The summed E-state index contributed by atoms with van der Waals surface area (Å²) in [5.41, 5.74) is 6.45. The predicted molar refractivity (Wildman–Crippen MR) is 52.6 cm³/mol. The van der Waals surface area contributed by atoms with Crippen molar-refractivity contribution in [2.45, 2.75) is 13.3 Å². The van der Waals surface area contributed by atoms with Crippen molar-refractivity contribution in [1.82, 2.24) is 4.98 Å². The summed E-state index contributed by atoms with van der Waals surface area (Å²) in [6.07, 6.45) is 6.65. The molecule has 0 unspecified atom stereocenters. The average Bonchev–Trinajstić information content (AvgIpc) is 2.52. The number of nitrogens with one attached hydrogen (secondary N) is 1. The summed E-state index contributed by atoms with van der Waals surface area (Å²) >= 11 is 0. The van der Waals surface area contributed by atoms with Gasteiger partial charge in [-0.2, -0.15) is 0 Å². The zero-order chi connectivity index (χ0) is 8.97. The van der Waals surface area contributed by atoms with Gasteiger partial charge < -0.3 is 10.7 Å². The molecule has 0 amide bonds. The van der Waals surface area contributed by atoms with Gasteiger partial charge in [-0.15, -0.1) is 0 Å². The number of aromatic nitrogens is 1. The zero-order valence-electron chi connectivity index (χ0n) is 7.30. The molecule has 0 aliphatic carbocycles. The zero-order valence-corrected chi connectivity index (χ0v) is 7.30. The average molecular weight is 162 g/mol. The number of hydrogen-bond acceptors (Lipinski definition) is 1. The molecule has 1 heterocycles. The molecule has 2 heteroatoms. The van der Waals surface area contributed by atoms with E-state index in [-0.39, 0.29) is 0 Å². The van der Waals surface area contributed by atoms with Crippen LogP contribution in [-0.4, -0.2) is 4.98 Å². The summed E-state index contributed by atoms with van der Waals surface area (Å²) in [5.74, 6) is 0. The van der Waals surface area contributed by atoms with Crippen LogP contribution in [0.5, 0.6) is 0 Å². The van der Waals surface area contributed by atoms with E-state index in [0.717, 1.165) is 22.7 Å².